The van der Waals surface area contributed by atoms with Gasteiger partial charge in [-0.1, -0.05) is 189 Å². The zero-order valence-electron chi connectivity index (χ0n) is 43.5. The Kier molecular flexibility index (Phi) is 15.1. The van der Waals surface area contributed by atoms with Crippen molar-refractivity contribution in [1.82, 2.24) is 14.5 Å². The van der Waals surface area contributed by atoms with Gasteiger partial charge in [0, 0.05) is 37.4 Å². The van der Waals surface area contributed by atoms with E-state index in [2.05, 4.69) is 238 Å². The normalized spacial score (nSPS) is 12.0. The summed E-state index contributed by atoms with van der Waals surface area (Å²) in [5.74, 6) is 2.08. The number of hydrogen-bond acceptors (Lipinski definition) is 3. The molecule has 10 rings (SSSR count). The summed E-state index contributed by atoms with van der Waals surface area (Å²) < 4.78 is 9.08. The zero-order chi connectivity index (χ0) is 49.5. The van der Waals surface area contributed by atoms with Crippen LogP contribution in [-0.4, -0.2) is 22.6 Å². The van der Waals surface area contributed by atoms with Gasteiger partial charge in [0.2, 0.25) is 0 Å². The summed E-state index contributed by atoms with van der Waals surface area (Å²) >= 11 is 0. The molecule has 0 atom stereocenters. The van der Waals surface area contributed by atoms with Crippen LogP contribution in [0.15, 0.2) is 162 Å². The van der Waals surface area contributed by atoms with Crippen molar-refractivity contribution in [3.05, 3.63) is 192 Å². The van der Waals surface area contributed by atoms with Crippen LogP contribution in [0.5, 0.6) is 0 Å². The molecule has 0 saturated carbocycles. The van der Waals surface area contributed by atoms with Gasteiger partial charge in [0.1, 0.15) is 5.58 Å². The molecule has 6 heteroatoms. The van der Waals surface area contributed by atoms with Crippen LogP contribution in [0.3, 0.4) is 0 Å². The second-order valence-electron chi connectivity index (χ2n) is 22.0. The fraction of sp³-hybridized carbons (Fsp3) is 0.262. The zero-order valence-corrected chi connectivity index (χ0v) is 46.9. The number of hydrogen-bond donors (Lipinski definition) is 0. The molecule has 363 valence electrons. The first-order valence-electron chi connectivity index (χ1n) is 25.1. The summed E-state index contributed by atoms with van der Waals surface area (Å²) in [5.41, 5.74) is 18.2. The Balaban J connectivity index is 0.000000214. The van der Waals surface area contributed by atoms with Crippen molar-refractivity contribution < 1.29 is 24.5 Å². The first kappa shape index (κ1) is 51.2. The molecule has 1 radical (unpaired) electrons. The van der Waals surface area contributed by atoms with Gasteiger partial charge in [-0.15, -0.1) is 53.6 Å². The number of nitrogens with zero attached hydrogens (tertiary/aromatic N) is 3. The maximum absolute atomic E-state index is 6.71. The number of imidazole rings is 1. The average Bonchev–Trinajstić information content (AvgIpc) is 3.92. The van der Waals surface area contributed by atoms with Crippen LogP contribution in [0.1, 0.15) is 96.4 Å². The second-order valence-corrected chi connectivity index (χ2v) is 27.1. The predicted octanol–water partition coefficient (Wildman–Crippen LogP) is 17.6. The first-order chi connectivity index (χ1) is 33.5. The van der Waals surface area contributed by atoms with E-state index in [1.54, 1.807) is 0 Å². The van der Waals surface area contributed by atoms with Gasteiger partial charge in [0.15, 0.2) is 0 Å². The van der Waals surface area contributed by atoms with Crippen LogP contribution in [0.2, 0.25) is 19.6 Å². The topological polar surface area (TPSA) is 43.9 Å². The Morgan fingerprint density at radius 3 is 1.87 bits per heavy atom. The third-order valence-electron chi connectivity index (χ3n) is 13.4. The Morgan fingerprint density at radius 1 is 0.634 bits per heavy atom. The molecule has 0 amide bonds. The standard InChI is InChI=1S/C41H39N2O.C24H28NSi.Ir/c1-25(2)33-22-28(27-14-9-8-10-15-27)23-34(26(3)4)38(33)43-36-19-12-11-18-35(36)42-40(43)32-17-13-16-31-30-21-20-29(41(5,6)7)24-37(30)44-39(31)32;1-18(2)14-22-16-23(25-17-24(22)26(3,4)5)21-13-9-12-20(15-21)19-10-7-6-8-11-19;/h8-16,18-26H,1-7H3;6-12,15-18H,14H2,1-5H3;/q2*-1;. The van der Waals surface area contributed by atoms with E-state index in [1.807, 2.05) is 18.2 Å². The van der Waals surface area contributed by atoms with Crippen LogP contribution in [0.25, 0.3) is 83.6 Å². The van der Waals surface area contributed by atoms with Gasteiger partial charge in [-0.3, -0.25) is 4.98 Å². The van der Waals surface area contributed by atoms with Crippen LogP contribution in [-0.2, 0) is 31.9 Å². The largest absolute Gasteiger partial charge is 0.501 e. The van der Waals surface area contributed by atoms with E-state index in [9.17, 15) is 0 Å². The van der Waals surface area contributed by atoms with Gasteiger partial charge in [-0.05, 0) is 104 Å². The van der Waals surface area contributed by atoms with Crippen molar-refractivity contribution in [2.45, 2.75) is 106 Å². The van der Waals surface area contributed by atoms with E-state index in [1.165, 1.54) is 55.4 Å². The van der Waals surface area contributed by atoms with E-state index in [0.29, 0.717) is 17.8 Å². The number of rotatable bonds is 10. The summed E-state index contributed by atoms with van der Waals surface area (Å²) in [6.07, 6.45) is 3.23. The number of fused-ring (bicyclic) bond motifs is 4. The minimum Gasteiger partial charge on any atom is -0.501 e. The second kappa shape index (κ2) is 20.9. The molecule has 0 saturated heterocycles. The number of benzene rings is 7. The molecule has 0 aliphatic carbocycles. The van der Waals surface area contributed by atoms with Crippen molar-refractivity contribution in [1.29, 1.82) is 0 Å². The number of furan rings is 1. The summed E-state index contributed by atoms with van der Waals surface area (Å²) in [4.78, 5) is 10.1. The van der Waals surface area contributed by atoms with Crippen molar-refractivity contribution >= 4 is 46.2 Å². The van der Waals surface area contributed by atoms with Crippen LogP contribution >= 0.6 is 0 Å². The van der Waals surface area contributed by atoms with Crippen molar-refractivity contribution in [3.63, 3.8) is 0 Å². The van der Waals surface area contributed by atoms with E-state index >= 15 is 0 Å². The molecule has 0 bridgehead atoms. The van der Waals surface area contributed by atoms with E-state index in [4.69, 9.17) is 14.4 Å². The molecule has 0 aliphatic heterocycles. The summed E-state index contributed by atoms with van der Waals surface area (Å²) in [5, 5.41) is 3.68. The molecule has 7 aromatic carbocycles. The molecule has 3 heterocycles. The maximum atomic E-state index is 6.71. The third-order valence-corrected chi connectivity index (χ3v) is 15.5. The molecule has 0 fully saturated rings. The maximum Gasteiger partial charge on any atom is 0.121 e. The third kappa shape index (κ3) is 10.7. The van der Waals surface area contributed by atoms with Crippen molar-refractivity contribution in [2.24, 2.45) is 5.92 Å². The SMILES string of the molecule is CC(C)Cc1cc(-c2[c-]ccc(-c3ccccc3)c2)ncc1[Si](C)(C)C.CC(C)c1cc(-c2ccccc2)cc(C(C)C)c1-n1c(-c2[c-]ccc3c2oc2cc(C(C)(C)C)ccc23)nc2ccccc21.[Ir]. The van der Waals surface area contributed by atoms with Crippen molar-refractivity contribution in [2.75, 3.05) is 0 Å². The fourth-order valence-electron chi connectivity index (χ4n) is 9.76. The van der Waals surface area contributed by atoms with E-state index < -0.39 is 8.07 Å². The number of pyridine rings is 1. The summed E-state index contributed by atoms with van der Waals surface area (Å²) in [7, 11) is -1.40. The molecular formula is C65H67IrN3OSi-2. The molecule has 71 heavy (non-hydrogen) atoms. The average molecular weight is 1130 g/mol. The molecule has 10 aromatic rings. The van der Waals surface area contributed by atoms with Gasteiger partial charge in [-0.25, -0.2) is 0 Å². The monoisotopic (exact) mass is 1130 g/mol. The molecule has 4 nitrogen and oxygen atoms in total. The van der Waals surface area contributed by atoms with Crippen LogP contribution in [0.4, 0.5) is 0 Å². The quantitative estimate of drug-likeness (QED) is 0.101. The fourth-order valence-corrected chi connectivity index (χ4v) is 11.4. The Morgan fingerprint density at radius 2 is 1.25 bits per heavy atom. The molecule has 3 aromatic heterocycles. The predicted molar refractivity (Wildman–Crippen MR) is 300 cm³/mol. The van der Waals surface area contributed by atoms with E-state index in [-0.39, 0.29) is 25.5 Å². The Hall–Kier alpha value is -6.17. The Labute approximate surface area is 437 Å². The van der Waals surface area contributed by atoms with Gasteiger partial charge < -0.3 is 14.0 Å². The molecule has 0 spiro atoms. The number of aromatic nitrogens is 3. The number of para-hydroxylation sites is 2. The minimum absolute atomic E-state index is 0. The van der Waals surface area contributed by atoms with Gasteiger partial charge in [-0.2, -0.15) is 0 Å². The van der Waals surface area contributed by atoms with Crippen LogP contribution < -0.4 is 5.19 Å². The van der Waals surface area contributed by atoms with Crippen molar-refractivity contribution in [3.8, 4) is 50.6 Å². The smallest absolute Gasteiger partial charge is 0.121 e. The molecular weight excluding hydrogens is 1060 g/mol. The van der Waals surface area contributed by atoms with Gasteiger partial charge in [0.05, 0.1) is 30.5 Å². The van der Waals surface area contributed by atoms with Crippen LogP contribution in [0, 0.1) is 18.1 Å². The minimum atomic E-state index is -1.40. The van der Waals surface area contributed by atoms with E-state index in [0.717, 1.165) is 62.0 Å². The molecule has 0 N–H and O–H groups in total. The molecule has 0 aliphatic rings. The van der Waals surface area contributed by atoms with Gasteiger partial charge in [0.25, 0.3) is 0 Å². The summed E-state index contributed by atoms with van der Waals surface area (Å²) in [6, 6.07) is 60.7. The Bertz CT molecular complexity index is 3430. The first-order valence-corrected chi connectivity index (χ1v) is 28.6. The van der Waals surface area contributed by atoms with Gasteiger partial charge >= 0.3 is 0 Å². The summed E-state index contributed by atoms with van der Waals surface area (Å²) in [6.45, 7) is 27.6. The molecule has 0 unspecified atom stereocenters.